The largest absolute Gasteiger partial charge is 0.497 e. The number of benzene rings is 3. The minimum atomic E-state index is -1.41. The van der Waals surface area contributed by atoms with Crippen molar-refractivity contribution in [3.8, 4) is 11.5 Å². The van der Waals surface area contributed by atoms with Crippen LogP contribution in [0.2, 0.25) is 0 Å². The summed E-state index contributed by atoms with van der Waals surface area (Å²) in [5.41, 5.74) is 0.526. The third kappa shape index (κ3) is 7.68. The highest BCUT2D eigenvalue weighted by Crippen LogP contribution is 2.50. The van der Waals surface area contributed by atoms with Gasteiger partial charge < -0.3 is 32.8 Å². The van der Waals surface area contributed by atoms with E-state index in [4.69, 9.17) is 34.6 Å². The molecule has 1 unspecified atom stereocenters. The molecule has 3 aromatic carbocycles. The average Bonchev–Trinajstić information content (AvgIpc) is 3.45. The van der Waals surface area contributed by atoms with E-state index < -0.39 is 42.8 Å². The molecule has 0 saturated carbocycles. The van der Waals surface area contributed by atoms with Gasteiger partial charge in [-0.1, -0.05) is 54.6 Å². The zero-order chi connectivity index (χ0) is 34.1. The van der Waals surface area contributed by atoms with Crippen LogP contribution in [0, 0.1) is 6.57 Å². The lowest BCUT2D eigenvalue weighted by Gasteiger charge is -2.37. The molecule has 11 nitrogen and oxygen atoms in total. The van der Waals surface area contributed by atoms with Gasteiger partial charge >= 0.3 is 5.69 Å². The summed E-state index contributed by atoms with van der Waals surface area (Å²) >= 11 is 1.47. The number of aromatic nitrogens is 2. The van der Waals surface area contributed by atoms with Crippen molar-refractivity contribution in [2.75, 3.05) is 47.8 Å². The Bertz CT molecular complexity index is 1730. The van der Waals surface area contributed by atoms with Crippen LogP contribution in [-0.2, 0) is 24.1 Å². The molecule has 2 heterocycles. The second-order valence-electron chi connectivity index (χ2n) is 10.8. The first kappa shape index (κ1) is 35.4. The van der Waals surface area contributed by atoms with Gasteiger partial charge in [0.05, 0.1) is 26.1 Å². The molecule has 48 heavy (non-hydrogen) atoms. The molecule has 1 aliphatic rings. The third-order valence-corrected chi connectivity index (χ3v) is 10.7. The first-order chi connectivity index (χ1) is 23.3. The molecule has 0 spiro atoms. The lowest BCUT2D eigenvalue weighted by molar-refractivity contribution is -0.0325. The predicted octanol–water partition coefficient (Wildman–Crippen LogP) is 5.45. The van der Waals surface area contributed by atoms with Gasteiger partial charge in [0.15, 0.2) is 8.38 Å². The molecule has 0 aliphatic carbocycles. The monoisotopic (exact) mass is 691 g/mol. The van der Waals surface area contributed by atoms with Crippen molar-refractivity contribution in [1.29, 1.82) is 0 Å². The Morgan fingerprint density at radius 3 is 2.02 bits per heavy atom. The predicted molar refractivity (Wildman–Crippen MR) is 186 cm³/mol. The van der Waals surface area contributed by atoms with Crippen molar-refractivity contribution >= 4 is 20.1 Å². The van der Waals surface area contributed by atoms with E-state index in [1.54, 1.807) is 21.3 Å². The van der Waals surface area contributed by atoms with Crippen molar-refractivity contribution < 1.29 is 28.0 Å². The van der Waals surface area contributed by atoms with E-state index in [2.05, 4.69) is 9.83 Å². The molecule has 252 valence electrons. The molecule has 5 rings (SSSR count). The molecule has 1 aromatic heterocycles. The molecule has 1 N–H and O–H groups in total. The van der Waals surface area contributed by atoms with Gasteiger partial charge in [-0.05, 0) is 41.0 Å². The summed E-state index contributed by atoms with van der Waals surface area (Å²) in [7, 11) is 3.41. The summed E-state index contributed by atoms with van der Waals surface area (Å²) in [6, 6.07) is 26.8. The lowest BCUT2D eigenvalue weighted by Crippen LogP contribution is -2.41. The molecule has 0 radical (unpaired) electrons. The Morgan fingerprint density at radius 1 is 0.875 bits per heavy atom. The molecule has 1 saturated heterocycles. The molecular weight excluding hydrogens is 653 g/mol. The quantitative estimate of drug-likeness (QED) is 0.0752. The Balaban J connectivity index is 1.59. The van der Waals surface area contributed by atoms with Crippen LogP contribution in [0.15, 0.2) is 101 Å². The summed E-state index contributed by atoms with van der Waals surface area (Å²) < 4.78 is 38.0. The van der Waals surface area contributed by atoms with Crippen LogP contribution in [0.25, 0.3) is 4.85 Å². The van der Waals surface area contributed by atoms with Crippen molar-refractivity contribution in [2.45, 2.75) is 28.4 Å². The maximum Gasteiger partial charge on any atom is 0.329 e. The summed E-state index contributed by atoms with van der Waals surface area (Å²) in [5.74, 6) is 1.42. The number of nitrogens with one attached hydrogen (secondary N) is 1. The van der Waals surface area contributed by atoms with Crippen LogP contribution >= 0.6 is 20.1 Å². The number of hydrogen-bond acceptors (Lipinski definition) is 9. The summed E-state index contributed by atoms with van der Waals surface area (Å²) in [4.78, 5) is 30.6. The summed E-state index contributed by atoms with van der Waals surface area (Å²) in [5, 5.41) is -0.898. The second kappa shape index (κ2) is 16.4. The molecule has 0 amide bonds. The van der Waals surface area contributed by atoms with Crippen molar-refractivity contribution in [1.82, 2.24) is 9.55 Å². The normalized spacial score (nSPS) is 19.8. The highest BCUT2D eigenvalue weighted by Gasteiger charge is 2.49. The lowest BCUT2D eigenvalue weighted by atomic mass is 9.80. The van der Waals surface area contributed by atoms with Gasteiger partial charge in [-0.2, -0.15) is 0 Å². The van der Waals surface area contributed by atoms with Gasteiger partial charge in [0, 0.05) is 26.0 Å². The number of nitrogens with zero attached hydrogens (tertiary/aromatic N) is 2. The van der Waals surface area contributed by atoms with Crippen LogP contribution in [-0.4, -0.2) is 74.8 Å². The van der Waals surface area contributed by atoms with Crippen LogP contribution in [0.1, 0.15) is 22.1 Å². The Labute approximate surface area is 284 Å². The summed E-state index contributed by atoms with van der Waals surface area (Å²) in [6.45, 7) is 9.54. The SMILES string of the molecule is [C-]#[N+]CCOP(C)O[C@H]1[C@@H](OC)[C@H](n2ccc(=O)[nH]c2=O)S[C@@H]1COC(c1ccccc1)(c1ccc(OC)cc1)c1ccc(OC)cc1. The minimum absolute atomic E-state index is 0.169. The van der Waals surface area contributed by atoms with Gasteiger partial charge in [-0.3, -0.25) is 14.3 Å². The molecule has 1 fully saturated rings. The van der Waals surface area contributed by atoms with Crippen LogP contribution in [0.5, 0.6) is 11.5 Å². The fourth-order valence-corrected chi connectivity index (χ4v) is 8.45. The van der Waals surface area contributed by atoms with E-state index in [9.17, 15) is 9.59 Å². The van der Waals surface area contributed by atoms with E-state index in [-0.39, 0.29) is 25.0 Å². The zero-order valence-corrected chi connectivity index (χ0v) is 28.8. The fourth-order valence-electron chi connectivity index (χ4n) is 5.77. The second-order valence-corrected chi connectivity index (χ2v) is 13.5. The minimum Gasteiger partial charge on any atom is -0.497 e. The van der Waals surface area contributed by atoms with Gasteiger partial charge in [-0.15, -0.1) is 11.8 Å². The van der Waals surface area contributed by atoms with Gasteiger partial charge in [0.1, 0.15) is 41.3 Å². The topological polar surface area (TPSA) is 115 Å². The number of thioether (sulfide) groups is 1. The average molecular weight is 692 g/mol. The fraction of sp³-hybridized carbons (Fsp3) is 0.343. The molecule has 4 aromatic rings. The molecular formula is C35H38N3O8PS. The standard InChI is InChI=1S/C35H38N3O8PS/c1-36-20-22-45-47(5)46-31-29(48-33(32(31)43-4)38-21-19-30(39)37-34(38)40)23-44-35(24-9-7-6-8-10-24,25-11-15-27(41-2)16-12-25)26-13-17-28(42-3)18-14-26/h6-19,21,29,31-33H,20,22-23H2,2-5H3,(H,37,39,40)/t29-,31-,32-,33-,47?/m1/s1. The van der Waals surface area contributed by atoms with Crippen LogP contribution in [0.4, 0.5) is 0 Å². The highest BCUT2D eigenvalue weighted by atomic mass is 32.2. The number of methoxy groups -OCH3 is 3. The van der Waals surface area contributed by atoms with Crippen molar-refractivity contribution in [3.63, 3.8) is 0 Å². The molecule has 0 bridgehead atoms. The molecule has 5 atom stereocenters. The van der Waals surface area contributed by atoms with Crippen LogP contribution < -0.4 is 20.7 Å². The first-order valence-electron chi connectivity index (χ1n) is 15.2. The van der Waals surface area contributed by atoms with Crippen LogP contribution in [0.3, 0.4) is 0 Å². The summed E-state index contributed by atoms with van der Waals surface area (Å²) in [6.07, 6.45) is 0.289. The number of ether oxygens (including phenoxy) is 4. The zero-order valence-electron chi connectivity index (χ0n) is 27.1. The van der Waals surface area contributed by atoms with E-state index in [1.807, 2.05) is 85.5 Å². The van der Waals surface area contributed by atoms with Gasteiger partial charge in [0.2, 0.25) is 6.54 Å². The molecule has 1 aliphatic heterocycles. The van der Waals surface area contributed by atoms with Crippen molar-refractivity contribution in [2.24, 2.45) is 0 Å². The Morgan fingerprint density at radius 2 is 1.48 bits per heavy atom. The highest BCUT2D eigenvalue weighted by molar-refractivity contribution is 8.00. The third-order valence-electron chi connectivity index (χ3n) is 8.07. The van der Waals surface area contributed by atoms with Crippen molar-refractivity contribution in [3.05, 3.63) is 140 Å². The Kier molecular flexibility index (Phi) is 12.1. The first-order valence-corrected chi connectivity index (χ1v) is 17.8. The maximum atomic E-state index is 13.0. The number of aromatic amines is 1. The molecule has 13 heteroatoms. The maximum absolute atomic E-state index is 13.0. The van der Waals surface area contributed by atoms with E-state index in [1.165, 1.54) is 28.6 Å². The van der Waals surface area contributed by atoms with E-state index in [0.717, 1.165) is 16.7 Å². The number of hydrogen-bond donors (Lipinski definition) is 1. The van der Waals surface area contributed by atoms with Gasteiger partial charge in [-0.25, -0.2) is 11.4 Å². The number of H-pyrrole nitrogens is 1. The Hall–Kier alpha value is -3.95. The smallest absolute Gasteiger partial charge is 0.329 e. The number of rotatable bonds is 15. The van der Waals surface area contributed by atoms with E-state index >= 15 is 0 Å². The van der Waals surface area contributed by atoms with Gasteiger partial charge in [0.25, 0.3) is 5.56 Å². The van der Waals surface area contributed by atoms with E-state index in [0.29, 0.717) is 11.5 Å².